The van der Waals surface area contributed by atoms with Crippen LogP contribution in [-0.4, -0.2) is 18.3 Å². The second kappa shape index (κ2) is 3.93. The van der Waals surface area contributed by atoms with Crippen molar-refractivity contribution in [2.75, 3.05) is 5.73 Å². The predicted molar refractivity (Wildman–Crippen MR) is 66.5 cm³/mol. The van der Waals surface area contributed by atoms with E-state index in [2.05, 4.69) is 0 Å². The fourth-order valence-corrected chi connectivity index (χ4v) is 1.75. The minimum absolute atomic E-state index is 0.250. The van der Waals surface area contributed by atoms with Gasteiger partial charge in [0, 0.05) is 0 Å². The second-order valence-corrected chi connectivity index (χ2v) is 5.49. The van der Waals surface area contributed by atoms with E-state index in [9.17, 15) is 8.78 Å². The Kier molecular flexibility index (Phi) is 2.90. The summed E-state index contributed by atoms with van der Waals surface area (Å²) in [6, 6.07) is 2.38. The van der Waals surface area contributed by atoms with E-state index in [4.69, 9.17) is 15.0 Å². The van der Waals surface area contributed by atoms with Crippen molar-refractivity contribution in [3.8, 4) is 0 Å². The van der Waals surface area contributed by atoms with Crippen molar-refractivity contribution in [3.05, 3.63) is 23.8 Å². The molecule has 1 aliphatic rings. The number of rotatable bonds is 1. The number of halogens is 2. The van der Waals surface area contributed by atoms with Crippen LogP contribution in [0.25, 0.3) is 0 Å². The highest BCUT2D eigenvalue weighted by atomic mass is 19.2. The first-order valence-corrected chi connectivity index (χ1v) is 5.74. The molecule has 0 aliphatic carbocycles. The topological polar surface area (TPSA) is 44.5 Å². The molecule has 0 bridgehead atoms. The van der Waals surface area contributed by atoms with Crippen LogP contribution in [0.4, 0.5) is 14.5 Å². The van der Waals surface area contributed by atoms with E-state index < -0.39 is 30.0 Å². The Hall–Kier alpha value is -1.14. The van der Waals surface area contributed by atoms with E-state index in [-0.39, 0.29) is 5.69 Å². The fourth-order valence-electron chi connectivity index (χ4n) is 1.75. The summed E-state index contributed by atoms with van der Waals surface area (Å²) in [6.45, 7) is 7.54. The zero-order chi connectivity index (χ0) is 13.7. The van der Waals surface area contributed by atoms with Crippen molar-refractivity contribution in [1.82, 2.24) is 0 Å². The Morgan fingerprint density at radius 2 is 1.56 bits per heavy atom. The number of anilines is 1. The molecule has 0 unspecified atom stereocenters. The minimum atomic E-state index is -1.05. The average molecular weight is 255 g/mol. The quantitative estimate of drug-likeness (QED) is 0.615. The standard InChI is InChI=1S/C12H16BF2NO2/c1-11(2)12(3,4)18-13(17-11)7-5-8(14)10(15)9(16)6-7/h5-6H,16H2,1-4H3. The van der Waals surface area contributed by atoms with Gasteiger partial charge in [-0.3, -0.25) is 0 Å². The van der Waals surface area contributed by atoms with E-state index >= 15 is 0 Å². The van der Waals surface area contributed by atoms with Gasteiger partial charge in [-0.1, -0.05) is 0 Å². The zero-order valence-corrected chi connectivity index (χ0v) is 10.9. The molecule has 1 heterocycles. The van der Waals surface area contributed by atoms with Crippen LogP contribution in [0.3, 0.4) is 0 Å². The average Bonchev–Trinajstić information content (AvgIpc) is 2.44. The van der Waals surface area contributed by atoms with Crippen molar-refractivity contribution in [2.45, 2.75) is 38.9 Å². The second-order valence-electron chi connectivity index (χ2n) is 5.49. The summed E-state index contributed by atoms with van der Waals surface area (Å²) in [5.41, 5.74) is 4.47. The maximum Gasteiger partial charge on any atom is 0.495 e. The summed E-state index contributed by atoms with van der Waals surface area (Å²) in [5, 5.41) is 0. The molecule has 3 nitrogen and oxygen atoms in total. The molecular formula is C12H16BF2NO2. The lowest BCUT2D eigenvalue weighted by atomic mass is 9.79. The molecular weight excluding hydrogens is 239 g/mol. The fraction of sp³-hybridized carbons (Fsp3) is 0.500. The normalized spacial score (nSPS) is 21.3. The molecule has 1 aromatic carbocycles. The molecule has 0 amide bonds. The van der Waals surface area contributed by atoms with Crippen LogP contribution >= 0.6 is 0 Å². The van der Waals surface area contributed by atoms with Crippen LogP contribution < -0.4 is 11.2 Å². The highest BCUT2D eigenvalue weighted by molar-refractivity contribution is 6.62. The maximum atomic E-state index is 13.3. The van der Waals surface area contributed by atoms with Gasteiger partial charge in [-0.05, 0) is 45.3 Å². The lowest BCUT2D eigenvalue weighted by Gasteiger charge is -2.32. The van der Waals surface area contributed by atoms with E-state index in [1.165, 1.54) is 6.07 Å². The zero-order valence-electron chi connectivity index (χ0n) is 10.9. The largest absolute Gasteiger partial charge is 0.495 e. The van der Waals surface area contributed by atoms with Crippen molar-refractivity contribution in [3.63, 3.8) is 0 Å². The van der Waals surface area contributed by atoms with E-state index in [0.29, 0.717) is 5.46 Å². The number of hydrogen-bond donors (Lipinski definition) is 1. The summed E-state index contributed by atoms with van der Waals surface area (Å²) in [7, 11) is -0.743. The van der Waals surface area contributed by atoms with Gasteiger partial charge in [-0.2, -0.15) is 0 Å². The minimum Gasteiger partial charge on any atom is -0.399 e. The third-order valence-electron chi connectivity index (χ3n) is 3.60. The molecule has 0 aromatic heterocycles. The van der Waals surface area contributed by atoms with Crippen LogP contribution in [0.5, 0.6) is 0 Å². The Labute approximate surface area is 105 Å². The lowest BCUT2D eigenvalue weighted by molar-refractivity contribution is 0.00578. The highest BCUT2D eigenvalue weighted by Gasteiger charge is 2.51. The van der Waals surface area contributed by atoms with Crippen LogP contribution in [0, 0.1) is 11.6 Å². The van der Waals surface area contributed by atoms with E-state index in [1.54, 1.807) is 0 Å². The summed E-state index contributed by atoms with van der Waals surface area (Å²) in [5.74, 6) is -2.05. The van der Waals surface area contributed by atoms with Crippen LogP contribution in [0.2, 0.25) is 0 Å². The molecule has 0 radical (unpaired) electrons. The molecule has 1 fully saturated rings. The van der Waals surface area contributed by atoms with E-state index in [1.807, 2.05) is 27.7 Å². The molecule has 1 saturated heterocycles. The van der Waals surface area contributed by atoms with Crippen LogP contribution in [0.15, 0.2) is 12.1 Å². The number of benzene rings is 1. The first-order valence-electron chi connectivity index (χ1n) is 5.74. The van der Waals surface area contributed by atoms with Crippen molar-refractivity contribution >= 4 is 18.3 Å². The third kappa shape index (κ3) is 1.99. The molecule has 0 spiro atoms. The van der Waals surface area contributed by atoms with Crippen LogP contribution in [0.1, 0.15) is 27.7 Å². The monoisotopic (exact) mass is 255 g/mol. The Morgan fingerprint density at radius 3 is 2.00 bits per heavy atom. The molecule has 2 rings (SSSR count). The van der Waals surface area contributed by atoms with Crippen molar-refractivity contribution in [1.29, 1.82) is 0 Å². The van der Waals surface area contributed by atoms with Gasteiger partial charge in [0.15, 0.2) is 11.6 Å². The van der Waals surface area contributed by atoms with Crippen molar-refractivity contribution < 1.29 is 18.1 Å². The molecule has 0 saturated carbocycles. The van der Waals surface area contributed by atoms with Gasteiger partial charge in [0.05, 0.1) is 16.9 Å². The number of hydrogen-bond acceptors (Lipinski definition) is 3. The van der Waals surface area contributed by atoms with Gasteiger partial charge in [-0.15, -0.1) is 0 Å². The van der Waals surface area contributed by atoms with Gasteiger partial charge in [-0.25, -0.2) is 8.78 Å². The van der Waals surface area contributed by atoms with Gasteiger partial charge in [0.2, 0.25) is 0 Å². The van der Waals surface area contributed by atoms with Gasteiger partial charge in [0.1, 0.15) is 0 Å². The molecule has 18 heavy (non-hydrogen) atoms. The summed E-state index contributed by atoms with van der Waals surface area (Å²) < 4.78 is 37.9. The Morgan fingerprint density at radius 1 is 1.06 bits per heavy atom. The van der Waals surface area contributed by atoms with Gasteiger partial charge in [0.25, 0.3) is 0 Å². The summed E-state index contributed by atoms with van der Waals surface area (Å²) in [6.07, 6.45) is 0. The molecule has 0 atom stereocenters. The summed E-state index contributed by atoms with van der Waals surface area (Å²) in [4.78, 5) is 0. The summed E-state index contributed by atoms with van der Waals surface area (Å²) >= 11 is 0. The molecule has 1 aliphatic heterocycles. The smallest absolute Gasteiger partial charge is 0.399 e. The molecule has 1 aromatic rings. The lowest BCUT2D eigenvalue weighted by Crippen LogP contribution is -2.41. The Balaban J connectivity index is 2.36. The van der Waals surface area contributed by atoms with E-state index in [0.717, 1.165) is 6.07 Å². The number of nitrogen functional groups attached to an aromatic ring is 1. The van der Waals surface area contributed by atoms with Gasteiger partial charge < -0.3 is 15.0 Å². The number of nitrogens with two attached hydrogens (primary N) is 1. The maximum absolute atomic E-state index is 13.3. The predicted octanol–water partition coefficient (Wildman–Crippen LogP) is 1.85. The Bertz CT molecular complexity index is 452. The van der Waals surface area contributed by atoms with Gasteiger partial charge >= 0.3 is 7.12 Å². The molecule has 6 heteroatoms. The molecule has 98 valence electrons. The molecule has 2 N–H and O–H groups in total. The highest BCUT2D eigenvalue weighted by Crippen LogP contribution is 2.36. The first kappa shape index (κ1) is 13.3. The first-order chi connectivity index (χ1) is 8.14. The third-order valence-corrected chi connectivity index (χ3v) is 3.60. The SMILES string of the molecule is CC1(C)OB(c2cc(N)c(F)c(F)c2)OC1(C)C. The van der Waals surface area contributed by atoms with Crippen molar-refractivity contribution in [2.24, 2.45) is 0 Å². The van der Waals surface area contributed by atoms with Crippen LogP contribution in [-0.2, 0) is 9.31 Å².